The molecule has 3 rings (SSSR count). The Balaban J connectivity index is 2.40. The number of nitrogens with zero attached hydrogens (tertiary/aromatic N) is 1. The first-order valence-electron chi connectivity index (χ1n) is 6.02. The average Bonchev–Trinajstić information content (AvgIpc) is 2.66. The molecule has 1 aromatic carbocycles. The summed E-state index contributed by atoms with van der Waals surface area (Å²) in [5.74, 6) is 0.563. The Morgan fingerprint density at radius 3 is 2.60 bits per heavy atom. The molecule has 0 aliphatic heterocycles. The normalized spacial score (nSPS) is 11.2. The predicted molar refractivity (Wildman–Crippen MR) is 81.6 cm³/mol. The predicted octanol–water partition coefficient (Wildman–Crippen LogP) is 3.84. The zero-order chi connectivity index (χ0) is 14.4. The molecule has 0 saturated carbocycles. The molecule has 0 spiro atoms. The molecule has 3 aromatic rings. The highest BCUT2D eigenvalue weighted by molar-refractivity contribution is 6.36. The molecule has 2 N–H and O–H groups in total. The van der Waals surface area contributed by atoms with Gasteiger partial charge in [0.1, 0.15) is 11.3 Å². The van der Waals surface area contributed by atoms with Crippen molar-refractivity contribution in [2.75, 3.05) is 0 Å². The van der Waals surface area contributed by atoms with Crippen molar-refractivity contribution in [2.24, 2.45) is 0 Å². The molecule has 2 heterocycles. The average molecular weight is 308 g/mol. The first kappa shape index (κ1) is 13.2. The SMILES string of the molecule is Cc1nc2c(-c3ccc(Cl)cc3Cl)[nH]c(C)c2c(=O)[nH]1. The lowest BCUT2D eigenvalue weighted by molar-refractivity contribution is 1.06. The summed E-state index contributed by atoms with van der Waals surface area (Å²) in [6.07, 6.45) is 0. The van der Waals surface area contributed by atoms with E-state index in [2.05, 4.69) is 15.0 Å². The van der Waals surface area contributed by atoms with E-state index in [1.165, 1.54) is 0 Å². The quantitative estimate of drug-likeness (QED) is 0.717. The number of benzene rings is 1. The Kier molecular flexibility index (Phi) is 3.07. The summed E-state index contributed by atoms with van der Waals surface area (Å²) in [6, 6.07) is 5.23. The maximum absolute atomic E-state index is 12.0. The molecule has 0 amide bonds. The van der Waals surface area contributed by atoms with Gasteiger partial charge in [-0.25, -0.2) is 4.98 Å². The fourth-order valence-corrected chi connectivity index (χ4v) is 2.81. The maximum Gasteiger partial charge on any atom is 0.260 e. The second-order valence-electron chi connectivity index (χ2n) is 4.62. The van der Waals surface area contributed by atoms with Crippen molar-refractivity contribution in [1.29, 1.82) is 0 Å². The molecule has 0 atom stereocenters. The summed E-state index contributed by atoms with van der Waals surface area (Å²) >= 11 is 12.1. The van der Waals surface area contributed by atoms with Crippen molar-refractivity contribution in [2.45, 2.75) is 13.8 Å². The Morgan fingerprint density at radius 1 is 1.15 bits per heavy atom. The second kappa shape index (κ2) is 4.65. The molecule has 2 aromatic heterocycles. The first-order chi connectivity index (χ1) is 9.47. The Labute approximate surface area is 124 Å². The molecular formula is C14H11Cl2N3O. The van der Waals surface area contributed by atoms with Crippen LogP contribution >= 0.6 is 23.2 Å². The van der Waals surface area contributed by atoms with Gasteiger partial charge in [-0.2, -0.15) is 0 Å². The number of nitrogens with one attached hydrogen (secondary N) is 2. The number of hydrogen-bond acceptors (Lipinski definition) is 2. The van der Waals surface area contributed by atoms with Crippen molar-refractivity contribution in [3.8, 4) is 11.3 Å². The lowest BCUT2D eigenvalue weighted by Crippen LogP contribution is -2.09. The lowest BCUT2D eigenvalue weighted by atomic mass is 10.1. The lowest BCUT2D eigenvalue weighted by Gasteiger charge is -2.03. The number of aromatic amines is 2. The second-order valence-corrected chi connectivity index (χ2v) is 5.47. The van der Waals surface area contributed by atoms with E-state index in [1.807, 2.05) is 13.0 Å². The summed E-state index contributed by atoms with van der Waals surface area (Å²) in [6.45, 7) is 3.58. The Bertz CT molecular complexity index is 880. The molecule has 0 radical (unpaired) electrons. The van der Waals surface area contributed by atoms with Crippen LogP contribution in [0.5, 0.6) is 0 Å². The van der Waals surface area contributed by atoms with Crippen LogP contribution in [0.1, 0.15) is 11.5 Å². The van der Waals surface area contributed by atoms with Gasteiger partial charge in [0.15, 0.2) is 0 Å². The minimum absolute atomic E-state index is 0.155. The maximum atomic E-state index is 12.0. The standard InChI is InChI=1S/C14H11Cl2N3O/c1-6-11-13(18-7(2)19-14(11)20)12(17-6)9-4-3-8(15)5-10(9)16/h3-5,17H,1-2H3,(H,18,19,20). The summed E-state index contributed by atoms with van der Waals surface area (Å²) < 4.78 is 0. The minimum atomic E-state index is -0.155. The third-order valence-electron chi connectivity index (χ3n) is 3.16. The fraction of sp³-hybridized carbons (Fsp3) is 0.143. The monoisotopic (exact) mass is 307 g/mol. The van der Waals surface area contributed by atoms with Crippen LogP contribution in [0.15, 0.2) is 23.0 Å². The molecule has 0 aliphatic rings. The van der Waals surface area contributed by atoms with Gasteiger partial charge in [-0.05, 0) is 32.0 Å². The van der Waals surface area contributed by atoms with E-state index in [4.69, 9.17) is 23.2 Å². The van der Waals surface area contributed by atoms with E-state index in [1.54, 1.807) is 19.1 Å². The van der Waals surface area contributed by atoms with E-state index < -0.39 is 0 Å². The highest BCUT2D eigenvalue weighted by Crippen LogP contribution is 2.33. The zero-order valence-corrected chi connectivity index (χ0v) is 12.4. The summed E-state index contributed by atoms with van der Waals surface area (Å²) in [5.41, 5.74) is 2.72. The van der Waals surface area contributed by atoms with Crippen molar-refractivity contribution in [1.82, 2.24) is 15.0 Å². The van der Waals surface area contributed by atoms with Gasteiger partial charge in [0.2, 0.25) is 0 Å². The van der Waals surface area contributed by atoms with Crippen LogP contribution in [-0.2, 0) is 0 Å². The number of fused-ring (bicyclic) bond motifs is 1. The third-order valence-corrected chi connectivity index (χ3v) is 3.71. The molecule has 0 bridgehead atoms. The number of halogens is 2. The molecule has 6 heteroatoms. The van der Waals surface area contributed by atoms with Gasteiger partial charge in [-0.3, -0.25) is 4.79 Å². The van der Waals surface area contributed by atoms with Gasteiger partial charge in [0.05, 0.1) is 16.1 Å². The van der Waals surface area contributed by atoms with Gasteiger partial charge < -0.3 is 9.97 Å². The molecule has 102 valence electrons. The summed E-state index contributed by atoms with van der Waals surface area (Å²) in [7, 11) is 0. The van der Waals surface area contributed by atoms with E-state index in [9.17, 15) is 4.79 Å². The van der Waals surface area contributed by atoms with Gasteiger partial charge in [-0.1, -0.05) is 23.2 Å². The highest BCUT2D eigenvalue weighted by atomic mass is 35.5. The van der Waals surface area contributed by atoms with Crippen molar-refractivity contribution >= 4 is 34.1 Å². The molecule has 4 nitrogen and oxygen atoms in total. The number of H-pyrrole nitrogens is 2. The van der Waals surface area contributed by atoms with Gasteiger partial charge >= 0.3 is 0 Å². The highest BCUT2D eigenvalue weighted by Gasteiger charge is 2.16. The zero-order valence-electron chi connectivity index (χ0n) is 10.8. The van der Waals surface area contributed by atoms with Crippen LogP contribution in [-0.4, -0.2) is 15.0 Å². The van der Waals surface area contributed by atoms with Crippen molar-refractivity contribution in [3.05, 3.63) is 50.1 Å². The van der Waals surface area contributed by atoms with E-state index in [0.29, 0.717) is 26.8 Å². The van der Waals surface area contributed by atoms with Gasteiger partial charge in [0, 0.05) is 16.3 Å². The molecule has 0 saturated heterocycles. The summed E-state index contributed by atoms with van der Waals surface area (Å²) in [4.78, 5) is 22.3. The molecule has 0 fully saturated rings. The van der Waals surface area contributed by atoms with Crippen molar-refractivity contribution in [3.63, 3.8) is 0 Å². The third kappa shape index (κ3) is 2.01. The van der Waals surface area contributed by atoms with Crippen LogP contribution in [0.2, 0.25) is 10.0 Å². The van der Waals surface area contributed by atoms with Crippen LogP contribution in [0, 0.1) is 13.8 Å². The number of aromatic nitrogens is 3. The van der Waals surface area contributed by atoms with Crippen LogP contribution in [0.4, 0.5) is 0 Å². The Morgan fingerprint density at radius 2 is 1.90 bits per heavy atom. The van der Waals surface area contributed by atoms with E-state index >= 15 is 0 Å². The molecule has 0 aliphatic carbocycles. The number of hydrogen-bond donors (Lipinski definition) is 2. The van der Waals surface area contributed by atoms with Gasteiger partial charge in [-0.15, -0.1) is 0 Å². The number of rotatable bonds is 1. The Hall–Kier alpha value is -1.78. The van der Waals surface area contributed by atoms with Gasteiger partial charge in [0.25, 0.3) is 5.56 Å². The summed E-state index contributed by atoms with van der Waals surface area (Å²) in [5, 5.41) is 1.63. The smallest absolute Gasteiger partial charge is 0.260 e. The van der Waals surface area contributed by atoms with Crippen molar-refractivity contribution < 1.29 is 0 Å². The molecule has 20 heavy (non-hydrogen) atoms. The van der Waals surface area contributed by atoms with E-state index in [-0.39, 0.29) is 5.56 Å². The topological polar surface area (TPSA) is 61.5 Å². The number of aryl methyl sites for hydroxylation is 2. The van der Waals surface area contributed by atoms with Crippen LogP contribution in [0.25, 0.3) is 22.2 Å². The van der Waals surface area contributed by atoms with Crippen LogP contribution < -0.4 is 5.56 Å². The van der Waals surface area contributed by atoms with Crippen LogP contribution in [0.3, 0.4) is 0 Å². The minimum Gasteiger partial charge on any atom is -0.356 e. The largest absolute Gasteiger partial charge is 0.356 e. The van der Waals surface area contributed by atoms with E-state index in [0.717, 1.165) is 17.0 Å². The molecule has 0 unspecified atom stereocenters. The molecular weight excluding hydrogens is 297 g/mol. The fourth-order valence-electron chi connectivity index (χ4n) is 2.31. The first-order valence-corrected chi connectivity index (χ1v) is 6.77.